The average molecular weight is 1040 g/mol. The molecule has 63 heavy (non-hydrogen) atoms. The van der Waals surface area contributed by atoms with Crippen LogP contribution >= 0.6 is 0 Å². The Morgan fingerprint density at radius 1 is 0.587 bits per heavy atom. The minimum absolute atomic E-state index is 0. The molecule has 0 aliphatic rings. The number of anilines is 1. The normalized spacial score (nSPS) is 12.6. The van der Waals surface area contributed by atoms with Crippen LogP contribution in [-0.4, -0.2) is 106 Å². The molecule has 0 heterocycles. The Balaban J connectivity index is 0.00000961. The van der Waals surface area contributed by atoms with Crippen LogP contribution in [0, 0.1) is 6.92 Å². The summed E-state index contributed by atoms with van der Waals surface area (Å²) in [5, 5.41) is 25.4. The molecule has 0 radical (unpaired) electrons. The van der Waals surface area contributed by atoms with Crippen LogP contribution in [0.2, 0.25) is 0 Å². The minimum Gasteiger partial charge on any atom is -0.744 e. The molecule has 322 valence electrons. The Morgan fingerprint density at radius 3 is 1.60 bits per heavy atom. The Hall–Kier alpha value is -0.800. The Kier molecular flexibility index (Phi) is 23.7. The van der Waals surface area contributed by atoms with Crippen molar-refractivity contribution in [3.05, 3.63) is 54.1 Å². The molecule has 4 aromatic rings. The third kappa shape index (κ3) is 16.7. The number of sulfone groups is 2. The number of nitrogen functional groups attached to an aromatic ring is 1. The smallest absolute Gasteiger partial charge is 0.744 e. The van der Waals surface area contributed by atoms with Crippen molar-refractivity contribution in [3.8, 4) is 11.5 Å². The first-order chi connectivity index (χ1) is 26.9. The van der Waals surface area contributed by atoms with E-state index in [1.165, 1.54) is 6.92 Å². The second kappa shape index (κ2) is 24.0. The van der Waals surface area contributed by atoms with Crippen molar-refractivity contribution in [2.75, 3.05) is 37.6 Å². The van der Waals surface area contributed by atoms with E-state index in [4.69, 9.17) is 10.5 Å². The molecular formula is C28H25N5Na4O20S6. The van der Waals surface area contributed by atoms with Crippen LogP contribution in [0.15, 0.2) is 88.6 Å². The molecule has 0 unspecified atom stereocenters. The molecule has 35 heteroatoms. The van der Waals surface area contributed by atoms with E-state index in [1.54, 1.807) is 0 Å². The first-order valence-electron chi connectivity index (χ1n) is 15.3. The zero-order valence-corrected chi connectivity index (χ0v) is 46.4. The van der Waals surface area contributed by atoms with Crippen LogP contribution in [0.1, 0.15) is 5.56 Å². The van der Waals surface area contributed by atoms with Gasteiger partial charge in [0.15, 0.2) is 25.4 Å². The van der Waals surface area contributed by atoms with Gasteiger partial charge in [-0.2, -0.15) is 0 Å². The molecule has 0 bridgehead atoms. The molecule has 0 fully saturated rings. The summed E-state index contributed by atoms with van der Waals surface area (Å²) in [5.41, 5.74) is 3.07. The van der Waals surface area contributed by atoms with E-state index in [0.717, 1.165) is 37.4 Å². The number of hydrogen-bond acceptors (Lipinski definition) is 25. The molecule has 0 atom stereocenters. The van der Waals surface area contributed by atoms with E-state index in [1.807, 2.05) is 0 Å². The molecule has 0 aliphatic heterocycles. The number of ether oxygens (including phenoxy) is 1. The van der Waals surface area contributed by atoms with Gasteiger partial charge in [0.2, 0.25) is 20.8 Å². The number of benzene rings is 4. The zero-order valence-electron chi connectivity index (χ0n) is 33.5. The second-order valence-electron chi connectivity index (χ2n) is 11.5. The fraction of sp³-hybridized carbons (Fsp3) is 0.214. The third-order valence-electron chi connectivity index (χ3n) is 7.55. The number of phenolic OH excluding ortho intramolecular Hbond substituents is 1. The second-order valence-corrected chi connectivity index (χ2v) is 20.5. The first-order valence-corrected chi connectivity index (χ1v) is 24.1. The molecule has 0 saturated carbocycles. The maximum absolute atomic E-state index is 12.8. The van der Waals surface area contributed by atoms with Gasteiger partial charge in [0.05, 0.1) is 57.1 Å². The molecule has 25 nitrogen and oxygen atoms in total. The monoisotopic (exact) mass is 1030 g/mol. The summed E-state index contributed by atoms with van der Waals surface area (Å²) in [4.78, 5) is -3.76. The van der Waals surface area contributed by atoms with Crippen LogP contribution in [0.3, 0.4) is 0 Å². The number of aromatic hydroxyl groups is 1. The molecule has 0 aromatic heterocycles. The van der Waals surface area contributed by atoms with Gasteiger partial charge in [-0.3, -0.25) is 8.37 Å². The molecule has 3 N–H and O–H groups in total. The number of hydrogen-bond donors (Lipinski definition) is 2. The van der Waals surface area contributed by atoms with Crippen molar-refractivity contribution in [3.63, 3.8) is 0 Å². The summed E-state index contributed by atoms with van der Waals surface area (Å²) in [7, 11) is -29.4. The average Bonchev–Trinajstić information content (AvgIpc) is 3.08. The van der Waals surface area contributed by atoms with Gasteiger partial charge in [0.1, 0.15) is 48.7 Å². The van der Waals surface area contributed by atoms with Crippen molar-refractivity contribution >= 4 is 99.9 Å². The number of nitrogens with zero attached hydrogens (tertiary/aromatic N) is 4. The summed E-state index contributed by atoms with van der Waals surface area (Å²) in [6.45, 7) is -0.891. The SMILES string of the molecule is COc1cc(S(=O)(=O)CCOS(=O)(=O)[O-])c(C)cc1N=Nc1c(S(=O)(=O)[O-])cc2c(N=Nc3ccc(S(=O)(=O)CCOS(=O)(=O)[O-])cc3S(=O)(=O)[O-])c(N)ccc2c1O.[Na+].[Na+].[Na+].[Na+]. The number of rotatable bonds is 17. The largest absolute Gasteiger partial charge is 1.00 e. The number of nitrogens with two attached hydrogens (primary N) is 1. The van der Waals surface area contributed by atoms with Gasteiger partial charge in [-0.05, 0) is 55.0 Å². The maximum Gasteiger partial charge on any atom is 1.00 e. The molecule has 4 aromatic carbocycles. The van der Waals surface area contributed by atoms with Crippen molar-refractivity contribution in [1.82, 2.24) is 0 Å². The molecule has 0 spiro atoms. The Morgan fingerprint density at radius 2 is 1.10 bits per heavy atom. The van der Waals surface area contributed by atoms with Crippen LogP contribution in [-0.2, 0) is 69.1 Å². The standard InChI is InChI=1S/C28H29N5O20S6.4Na/c1-15-11-21(22(51-2)14-23(15)55(37,38)10-8-53-59(48,49)50)31-33-27-25(57(42,43)44)13-18-17(28(27)34)4-5-19(29)26(18)32-30-20-6-3-16(12-24(20)56(39,40)41)54(35,36)9-7-52-58(45,46)47;;;;/h3-6,11-14,34H,7-10,29H2,1-2H3,(H,39,40,41)(H,42,43,44)(H,45,46,47)(H,48,49,50);;;;/q;4*+1/p-4. The van der Waals surface area contributed by atoms with Crippen molar-refractivity contribution in [2.24, 2.45) is 20.5 Å². The van der Waals surface area contributed by atoms with E-state index in [2.05, 4.69) is 28.8 Å². The fourth-order valence-electron chi connectivity index (χ4n) is 4.95. The van der Waals surface area contributed by atoms with Crippen LogP contribution in [0.25, 0.3) is 10.8 Å². The topological polar surface area (TPSA) is 420 Å². The number of fused-ring (bicyclic) bond motifs is 1. The van der Waals surface area contributed by atoms with E-state index >= 15 is 0 Å². The first kappa shape index (κ1) is 62.2. The van der Waals surface area contributed by atoms with Crippen LogP contribution < -0.4 is 129 Å². The summed E-state index contributed by atoms with van der Waals surface area (Å²) in [6, 6.07) is 6.67. The number of aryl methyl sites for hydroxylation is 1. The van der Waals surface area contributed by atoms with Crippen molar-refractivity contribution in [2.45, 2.75) is 26.5 Å². The van der Waals surface area contributed by atoms with Gasteiger partial charge in [0, 0.05) is 16.8 Å². The predicted molar refractivity (Wildman–Crippen MR) is 194 cm³/mol. The Labute approximate surface area is 449 Å². The summed E-state index contributed by atoms with van der Waals surface area (Å²) >= 11 is 0. The van der Waals surface area contributed by atoms with Gasteiger partial charge < -0.3 is 33.8 Å². The molecule has 0 aliphatic carbocycles. The molecular weight excluding hydrogens is 1010 g/mol. The van der Waals surface area contributed by atoms with Gasteiger partial charge in [-0.15, -0.1) is 20.5 Å². The zero-order chi connectivity index (χ0) is 44.5. The molecule has 0 saturated heterocycles. The van der Waals surface area contributed by atoms with Gasteiger partial charge >= 0.3 is 118 Å². The van der Waals surface area contributed by atoms with E-state index in [0.29, 0.717) is 18.2 Å². The maximum atomic E-state index is 12.8. The predicted octanol–water partition coefficient (Wildman–Crippen LogP) is -10.4. The van der Waals surface area contributed by atoms with E-state index in [-0.39, 0.29) is 146 Å². The third-order valence-corrected chi connectivity index (χ3v) is 13.7. The quantitative estimate of drug-likeness (QED) is 0.0326. The van der Waals surface area contributed by atoms with Gasteiger partial charge in [-0.25, -0.2) is 50.5 Å². The molecule has 0 amide bonds. The van der Waals surface area contributed by atoms with Crippen molar-refractivity contribution < 1.29 is 205 Å². The summed E-state index contributed by atoms with van der Waals surface area (Å²) in [6.07, 6.45) is 0. The van der Waals surface area contributed by atoms with Gasteiger partial charge in [-0.1, -0.05) is 0 Å². The summed E-state index contributed by atoms with van der Waals surface area (Å²) in [5.74, 6) is -3.42. The molecule has 4 rings (SSSR count). The van der Waals surface area contributed by atoms with Crippen LogP contribution in [0.5, 0.6) is 11.5 Å². The van der Waals surface area contributed by atoms with Gasteiger partial charge in [0.25, 0.3) is 0 Å². The van der Waals surface area contributed by atoms with Crippen LogP contribution in [0.4, 0.5) is 28.4 Å². The number of azo groups is 2. The van der Waals surface area contributed by atoms with E-state index < -0.39 is 133 Å². The fourth-order valence-corrected chi connectivity index (χ4v) is 9.55. The van der Waals surface area contributed by atoms with Crippen molar-refractivity contribution in [1.29, 1.82) is 0 Å². The minimum atomic E-state index is -5.58. The Bertz CT molecular complexity index is 3120. The number of phenols is 1. The summed E-state index contributed by atoms with van der Waals surface area (Å²) < 4.78 is 202. The van der Waals surface area contributed by atoms with E-state index in [9.17, 15) is 73.8 Å². The number of methoxy groups -OCH3 is 1.